The Morgan fingerprint density at radius 3 is 3.00 bits per heavy atom. The van der Waals surface area contributed by atoms with E-state index in [1.165, 1.54) is 13.3 Å². The van der Waals surface area contributed by atoms with Gasteiger partial charge in [-0.3, -0.25) is 0 Å². The maximum atomic E-state index is 11.4. The average molecular weight is 205 g/mol. The number of carbonyl (C=O) groups excluding carboxylic acids is 1. The zero-order valence-corrected chi connectivity index (χ0v) is 8.52. The van der Waals surface area contributed by atoms with E-state index in [1.807, 2.05) is 6.92 Å². The molecule has 2 aromatic rings. The SMILES string of the molecule is COC(=O)c1cnn2ccc(N)c(C)c12. The van der Waals surface area contributed by atoms with Gasteiger partial charge in [-0.05, 0) is 18.6 Å². The van der Waals surface area contributed by atoms with Gasteiger partial charge >= 0.3 is 5.97 Å². The summed E-state index contributed by atoms with van der Waals surface area (Å²) in [6.45, 7) is 1.85. The number of nitrogens with two attached hydrogens (primary N) is 1. The number of nitrogen functional groups attached to an aromatic ring is 1. The molecule has 0 aromatic carbocycles. The summed E-state index contributed by atoms with van der Waals surface area (Å²) >= 11 is 0. The van der Waals surface area contributed by atoms with Crippen LogP contribution < -0.4 is 5.73 Å². The monoisotopic (exact) mass is 205 g/mol. The summed E-state index contributed by atoms with van der Waals surface area (Å²) in [4.78, 5) is 11.4. The molecule has 0 aliphatic rings. The van der Waals surface area contributed by atoms with Crippen molar-refractivity contribution < 1.29 is 9.53 Å². The largest absolute Gasteiger partial charge is 0.465 e. The number of hydrogen-bond acceptors (Lipinski definition) is 4. The molecule has 2 rings (SSSR count). The van der Waals surface area contributed by atoms with E-state index in [-0.39, 0.29) is 0 Å². The highest BCUT2D eigenvalue weighted by Gasteiger charge is 2.15. The third-order valence-electron chi connectivity index (χ3n) is 2.38. The molecule has 0 fully saturated rings. The molecule has 0 bridgehead atoms. The first-order chi connectivity index (χ1) is 7.15. The number of carbonyl (C=O) groups is 1. The lowest BCUT2D eigenvalue weighted by Gasteiger charge is -2.03. The van der Waals surface area contributed by atoms with Gasteiger partial charge in [0, 0.05) is 11.9 Å². The Balaban J connectivity index is 2.77. The minimum atomic E-state index is -0.404. The van der Waals surface area contributed by atoms with E-state index in [9.17, 15) is 4.79 Å². The maximum Gasteiger partial charge on any atom is 0.341 e. The second-order valence-electron chi connectivity index (χ2n) is 3.24. The fraction of sp³-hybridized carbons (Fsp3) is 0.200. The zero-order valence-electron chi connectivity index (χ0n) is 8.52. The molecule has 2 aromatic heterocycles. The van der Waals surface area contributed by atoms with Crippen LogP contribution in [0.5, 0.6) is 0 Å². The van der Waals surface area contributed by atoms with Crippen LogP contribution >= 0.6 is 0 Å². The van der Waals surface area contributed by atoms with Crippen LogP contribution in [0.25, 0.3) is 5.52 Å². The minimum Gasteiger partial charge on any atom is -0.465 e. The Labute approximate surface area is 86.4 Å². The van der Waals surface area contributed by atoms with Crippen LogP contribution in [0.1, 0.15) is 15.9 Å². The smallest absolute Gasteiger partial charge is 0.341 e. The Morgan fingerprint density at radius 1 is 1.60 bits per heavy atom. The van der Waals surface area contributed by atoms with E-state index >= 15 is 0 Å². The molecule has 2 heterocycles. The van der Waals surface area contributed by atoms with E-state index in [4.69, 9.17) is 5.73 Å². The van der Waals surface area contributed by atoms with Crippen molar-refractivity contribution in [3.63, 3.8) is 0 Å². The van der Waals surface area contributed by atoms with Crippen molar-refractivity contribution in [2.75, 3.05) is 12.8 Å². The summed E-state index contributed by atoms with van der Waals surface area (Å²) in [7, 11) is 1.34. The third kappa shape index (κ3) is 1.32. The Hall–Kier alpha value is -2.04. The summed E-state index contributed by atoms with van der Waals surface area (Å²) in [5, 5.41) is 4.05. The molecule has 0 atom stereocenters. The number of aromatic nitrogens is 2. The molecule has 0 saturated carbocycles. The highest BCUT2D eigenvalue weighted by molar-refractivity contribution is 5.98. The summed E-state index contributed by atoms with van der Waals surface area (Å²) < 4.78 is 6.27. The molecule has 0 radical (unpaired) electrons. The summed E-state index contributed by atoms with van der Waals surface area (Å²) in [6.07, 6.45) is 3.19. The highest BCUT2D eigenvalue weighted by Crippen LogP contribution is 2.20. The van der Waals surface area contributed by atoms with Gasteiger partial charge in [0.05, 0.1) is 18.8 Å². The zero-order chi connectivity index (χ0) is 11.0. The van der Waals surface area contributed by atoms with E-state index in [1.54, 1.807) is 16.8 Å². The first-order valence-corrected chi connectivity index (χ1v) is 4.46. The van der Waals surface area contributed by atoms with Crippen LogP contribution in [0.2, 0.25) is 0 Å². The number of anilines is 1. The number of rotatable bonds is 1. The Bertz CT molecular complexity index is 531. The van der Waals surface area contributed by atoms with E-state index < -0.39 is 5.97 Å². The van der Waals surface area contributed by atoms with Crippen molar-refractivity contribution in [3.8, 4) is 0 Å². The van der Waals surface area contributed by atoms with Crippen molar-refractivity contribution in [2.45, 2.75) is 6.92 Å². The van der Waals surface area contributed by atoms with Gasteiger partial charge in [0.15, 0.2) is 0 Å². The van der Waals surface area contributed by atoms with Gasteiger partial charge in [-0.15, -0.1) is 0 Å². The van der Waals surface area contributed by atoms with Crippen molar-refractivity contribution in [2.24, 2.45) is 0 Å². The van der Waals surface area contributed by atoms with E-state index in [2.05, 4.69) is 9.84 Å². The number of pyridine rings is 1. The van der Waals surface area contributed by atoms with E-state index in [0.717, 1.165) is 5.56 Å². The number of nitrogens with zero attached hydrogens (tertiary/aromatic N) is 2. The molecule has 2 N–H and O–H groups in total. The number of aryl methyl sites for hydroxylation is 1. The summed E-state index contributed by atoms with van der Waals surface area (Å²) in [5.74, 6) is -0.404. The number of esters is 1. The molecule has 0 aliphatic heterocycles. The molecule has 0 saturated heterocycles. The number of hydrogen-bond donors (Lipinski definition) is 1. The Morgan fingerprint density at radius 2 is 2.33 bits per heavy atom. The number of methoxy groups -OCH3 is 1. The van der Waals surface area contributed by atoms with Gasteiger partial charge in [-0.2, -0.15) is 5.10 Å². The van der Waals surface area contributed by atoms with Crippen LogP contribution in [-0.4, -0.2) is 22.7 Å². The molecule has 5 heteroatoms. The van der Waals surface area contributed by atoms with Gasteiger partial charge in [0.2, 0.25) is 0 Å². The fourth-order valence-electron chi connectivity index (χ4n) is 1.52. The first-order valence-electron chi connectivity index (χ1n) is 4.46. The van der Waals surface area contributed by atoms with Gasteiger partial charge in [0.1, 0.15) is 5.56 Å². The second kappa shape index (κ2) is 3.27. The normalized spacial score (nSPS) is 10.5. The summed E-state index contributed by atoms with van der Waals surface area (Å²) in [5.41, 5.74) is 8.35. The predicted molar refractivity (Wildman–Crippen MR) is 55.7 cm³/mol. The molecule has 78 valence electrons. The highest BCUT2D eigenvalue weighted by atomic mass is 16.5. The quantitative estimate of drug-likeness (QED) is 0.705. The summed E-state index contributed by atoms with van der Waals surface area (Å²) in [6, 6.07) is 1.75. The predicted octanol–water partition coefficient (Wildman–Crippen LogP) is 1.01. The third-order valence-corrected chi connectivity index (χ3v) is 2.38. The number of fused-ring (bicyclic) bond motifs is 1. The van der Waals surface area contributed by atoms with Crippen LogP contribution in [0, 0.1) is 6.92 Å². The average Bonchev–Trinajstić information content (AvgIpc) is 2.67. The lowest BCUT2D eigenvalue weighted by molar-refractivity contribution is 0.0603. The molecule has 15 heavy (non-hydrogen) atoms. The van der Waals surface area contributed by atoms with Crippen LogP contribution in [0.3, 0.4) is 0 Å². The number of ether oxygens (including phenoxy) is 1. The van der Waals surface area contributed by atoms with Crippen molar-refractivity contribution >= 4 is 17.2 Å². The Kier molecular flexibility index (Phi) is 2.07. The lowest BCUT2D eigenvalue weighted by atomic mass is 10.1. The molecular formula is C10H11N3O2. The first kappa shape index (κ1) is 9.51. The molecule has 0 amide bonds. The fourth-order valence-corrected chi connectivity index (χ4v) is 1.52. The van der Waals surface area contributed by atoms with Crippen LogP contribution in [0.15, 0.2) is 18.5 Å². The molecule has 0 spiro atoms. The minimum absolute atomic E-state index is 0.404. The van der Waals surface area contributed by atoms with Crippen molar-refractivity contribution in [1.82, 2.24) is 9.61 Å². The molecule has 0 aliphatic carbocycles. The van der Waals surface area contributed by atoms with Gasteiger partial charge in [0.25, 0.3) is 0 Å². The van der Waals surface area contributed by atoms with Crippen LogP contribution in [-0.2, 0) is 4.74 Å². The van der Waals surface area contributed by atoms with E-state index in [0.29, 0.717) is 16.8 Å². The topological polar surface area (TPSA) is 69.6 Å². The maximum absolute atomic E-state index is 11.4. The molecular weight excluding hydrogens is 194 g/mol. The lowest BCUT2D eigenvalue weighted by Crippen LogP contribution is -2.02. The molecule has 0 unspecified atom stereocenters. The standard InChI is InChI=1S/C10H11N3O2/c1-6-8(11)3-4-13-9(6)7(5-12-13)10(14)15-2/h3-5H,11H2,1-2H3. The van der Waals surface area contributed by atoms with Gasteiger partial charge < -0.3 is 10.5 Å². The van der Waals surface area contributed by atoms with Crippen molar-refractivity contribution in [1.29, 1.82) is 0 Å². The van der Waals surface area contributed by atoms with Crippen molar-refractivity contribution in [3.05, 3.63) is 29.6 Å². The second-order valence-corrected chi connectivity index (χ2v) is 3.24. The molecule has 5 nitrogen and oxygen atoms in total. The van der Waals surface area contributed by atoms with Gasteiger partial charge in [-0.25, -0.2) is 9.31 Å². The van der Waals surface area contributed by atoms with Crippen LogP contribution in [0.4, 0.5) is 5.69 Å². The van der Waals surface area contributed by atoms with Gasteiger partial charge in [-0.1, -0.05) is 0 Å².